The van der Waals surface area contributed by atoms with Gasteiger partial charge in [0.25, 0.3) is 0 Å². The first-order valence-electron chi connectivity index (χ1n) is 15.9. The second kappa shape index (κ2) is 9.12. The molecule has 0 bridgehead atoms. The van der Waals surface area contributed by atoms with Gasteiger partial charge in [-0.15, -0.1) is 0 Å². The fraction of sp³-hybridized carbons (Fsp3) is 0.0698. The summed E-state index contributed by atoms with van der Waals surface area (Å²) in [7, 11) is 0. The van der Waals surface area contributed by atoms with Crippen LogP contribution in [0.15, 0.2) is 140 Å². The Morgan fingerprint density at radius 2 is 1.20 bits per heavy atom. The molecule has 0 N–H and O–H groups in total. The van der Waals surface area contributed by atoms with E-state index in [1.165, 1.54) is 54.6 Å². The largest absolute Gasteiger partial charge is 0.277 e. The lowest BCUT2D eigenvalue weighted by molar-refractivity contribution is 0.661. The molecule has 0 spiro atoms. The van der Waals surface area contributed by atoms with Gasteiger partial charge in [0.2, 0.25) is 5.95 Å². The predicted octanol–water partition coefficient (Wildman–Crippen LogP) is 11.0. The summed E-state index contributed by atoms with van der Waals surface area (Å²) in [5.74, 6) is 0.682. The first kappa shape index (κ1) is 25.5. The first-order chi connectivity index (χ1) is 22.6. The monoisotopic (exact) mass is 587 g/mol. The lowest BCUT2D eigenvalue weighted by Crippen LogP contribution is -2.14. The number of aromatic nitrogens is 3. The Morgan fingerprint density at radius 3 is 2.09 bits per heavy atom. The van der Waals surface area contributed by atoms with Crippen molar-refractivity contribution in [1.82, 2.24) is 14.5 Å². The van der Waals surface area contributed by atoms with Crippen molar-refractivity contribution in [3.8, 4) is 28.3 Å². The number of rotatable bonds is 2. The number of benzene rings is 7. The van der Waals surface area contributed by atoms with Crippen molar-refractivity contribution >= 4 is 54.3 Å². The molecule has 0 radical (unpaired) electrons. The van der Waals surface area contributed by atoms with Crippen LogP contribution in [-0.2, 0) is 5.41 Å². The van der Waals surface area contributed by atoms with Gasteiger partial charge in [0.1, 0.15) is 0 Å². The summed E-state index contributed by atoms with van der Waals surface area (Å²) in [5.41, 5.74) is 10.6. The van der Waals surface area contributed by atoms with Gasteiger partial charge in [0.15, 0.2) is 0 Å². The minimum Gasteiger partial charge on any atom is -0.277 e. The molecular weight excluding hydrogens is 558 g/mol. The number of nitrogens with zero attached hydrogens (tertiary/aromatic N) is 3. The zero-order valence-electron chi connectivity index (χ0n) is 25.6. The maximum atomic E-state index is 5.32. The third-order valence-corrected chi connectivity index (χ3v) is 10.2. The van der Waals surface area contributed by atoms with Crippen LogP contribution in [0.2, 0.25) is 0 Å². The summed E-state index contributed by atoms with van der Waals surface area (Å²) in [6.45, 7) is 4.71. The van der Waals surface area contributed by atoms with Gasteiger partial charge < -0.3 is 0 Å². The SMILES string of the molecule is CC1(C)c2ccccc2-c2cc3ccc4c(ccc5c6ccccc6n(-c6nc(-c7ccccc7)c7ccccc7n6)c45)c3cc21. The summed E-state index contributed by atoms with van der Waals surface area (Å²) >= 11 is 0. The molecule has 0 fully saturated rings. The smallest absolute Gasteiger partial charge is 0.235 e. The topological polar surface area (TPSA) is 30.7 Å². The Kier molecular flexibility index (Phi) is 5.06. The highest BCUT2D eigenvalue weighted by atomic mass is 15.2. The highest BCUT2D eigenvalue weighted by Gasteiger charge is 2.35. The summed E-state index contributed by atoms with van der Waals surface area (Å²) in [5, 5.41) is 8.43. The van der Waals surface area contributed by atoms with E-state index in [0.29, 0.717) is 5.95 Å². The fourth-order valence-electron chi connectivity index (χ4n) is 7.98. The standard InChI is InChI=1S/C43H29N3/c1-43(2)36-17-9-6-14-29(36)35-24-27-20-21-31-28(34(27)25-37(35)43)22-23-32-30-15-8-11-19-39(30)46(41(31)32)42-44-38-18-10-7-16-33(38)40(45-42)26-12-4-3-5-13-26/h3-25H,1-2H3. The van der Waals surface area contributed by atoms with Gasteiger partial charge in [-0.25, -0.2) is 9.97 Å². The molecule has 1 aliphatic carbocycles. The van der Waals surface area contributed by atoms with Gasteiger partial charge in [-0.3, -0.25) is 4.57 Å². The van der Waals surface area contributed by atoms with E-state index in [0.717, 1.165) is 33.2 Å². The van der Waals surface area contributed by atoms with Crippen molar-refractivity contribution in [2.75, 3.05) is 0 Å². The number of fused-ring (bicyclic) bond motifs is 11. The van der Waals surface area contributed by atoms with Gasteiger partial charge in [-0.05, 0) is 62.7 Å². The van der Waals surface area contributed by atoms with Crippen LogP contribution in [0.3, 0.4) is 0 Å². The van der Waals surface area contributed by atoms with E-state index in [2.05, 4.69) is 152 Å². The molecule has 0 unspecified atom stereocenters. The van der Waals surface area contributed by atoms with Crippen LogP contribution in [0.4, 0.5) is 0 Å². The van der Waals surface area contributed by atoms with Gasteiger partial charge in [0.05, 0.1) is 22.2 Å². The Bertz CT molecular complexity index is 2720. The van der Waals surface area contributed by atoms with Gasteiger partial charge >= 0.3 is 0 Å². The normalized spacial score (nSPS) is 13.6. The highest BCUT2D eigenvalue weighted by molar-refractivity contribution is 6.23. The van der Waals surface area contributed by atoms with Crippen LogP contribution in [0.25, 0.3) is 82.6 Å². The van der Waals surface area contributed by atoms with Crippen molar-refractivity contribution in [1.29, 1.82) is 0 Å². The van der Waals surface area contributed by atoms with Gasteiger partial charge in [-0.1, -0.05) is 129 Å². The molecule has 3 heteroatoms. The molecule has 0 saturated carbocycles. The van der Waals surface area contributed by atoms with Crippen molar-refractivity contribution in [2.45, 2.75) is 19.3 Å². The minimum atomic E-state index is -0.0615. The number of hydrogen-bond donors (Lipinski definition) is 0. The summed E-state index contributed by atoms with van der Waals surface area (Å²) in [4.78, 5) is 10.5. The third-order valence-electron chi connectivity index (χ3n) is 10.2. The Labute approximate surface area is 266 Å². The molecule has 2 heterocycles. The van der Waals surface area contributed by atoms with Gasteiger partial charge in [0, 0.05) is 32.5 Å². The number of hydrogen-bond acceptors (Lipinski definition) is 2. The molecular formula is C43H29N3. The molecule has 10 rings (SSSR count). The zero-order chi connectivity index (χ0) is 30.6. The van der Waals surface area contributed by atoms with Crippen molar-refractivity contribution < 1.29 is 0 Å². The average Bonchev–Trinajstić information content (AvgIpc) is 3.56. The minimum absolute atomic E-state index is 0.0615. The van der Waals surface area contributed by atoms with Gasteiger partial charge in [-0.2, -0.15) is 0 Å². The van der Waals surface area contributed by atoms with Crippen molar-refractivity contribution in [2.24, 2.45) is 0 Å². The van der Waals surface area contributed by atoms with E-state index in [1.54, 1.807) is 0 Å². The molecule has 46 heavy (non-hydrogen) atoms. The molecule has 9 aromatic rings. The molecule has 0 atom stereocenters. The second-order valence-electron chi connectivity index (χ2n) is 13.0. The van der Waals surface area contributed by atoms with E-state index < -0.39 is 0 Å². The Balaban J connectivity index is 1.32. The van der Waals surface area contributed by atoms with Crippen molar-refractivity contribution in [3.63, 3.8) is 0 Å². The van der Waals surface area contributed by atoms with E-state index in [4.69, 9.17) is 9.97 Å². The summed E-state index contributed by atoms with van der Waals surface area (Å²) in [6, 6.07) is 50.3. The molecule has 7 aromatic carbocycles. The van der Waals surface area contributed by atoms with Crippen molar-refractivity contribution in [3.05, 3.63) is 151 Å². The number of para-hydroxylation sites is 2. The molecule has 0 amide bonds. The lowest BCUT2D eigenvalue weighted by Gasteiger charge is -2.22. The lowest BCUT2D eigenvalue weighted by atomic mass is 9.81. The second-order valence-corrected chi connectivity index (χ2v) is 13.0. The molecule has 2 aromatic heterocycles. The maximum absolute atomic E-state index is 5.32. The maximum Gasteiger partial charge on any atom is 0.235 e. The Morgan fingerprint density at radius 1 is 0.500 bits per heavy atom. The first-order valence-corrected chi connectivity index (χ1v) is 15.9. The van der Waals surface area contributed by atoms with E-state index >= 15 is 0 Å². The van der Waals surface area contributed by atoms with E-state index in [-0.39, 0.29) is 5.41 Å². The predicted molar refractivity (Wildman–Crippen MR) is 192 cm³/mol. The molecule has 216 valence electrons. The molecule has 3 nitrogen and oxygen atoms in total. The average molecular weight is 588 g/mol. The van der Waals surface area contributed by atoms with E-state index in [9.17, 15) is 0 Å². The molecule has 0 aliphatic heterocycles. The molecule has 0 saturated heterocycles. The summed E-state index contributed by atoms with van der Waals surface area (Å²) < 4.78 is 2.28. The molecule has 1 aliphatic rings. The summed E-state index contributed by atoms with van der Waals surface area (Å²) in [6.07, 6.45) is 0. The zero-order valence-corrected chi connectivity index (χ0v) is 25.6. The van der Waals surface area contributed by atoms with Crippen LogP contribution < -0.4 is 0 Å². The van der Waals surface area contributed by atoms with Crippen LogP contribution in [0, 0.1) is 0 Å². The van der Waals surface area contributed by atoms with Crippen LogP contribution >= 0.6 is 0 Å². The quantitative estimate of drug-likeness (QED) is 0.188. The highest BCUT2D eigenvalue weighted by Crippen LogP contribution is 2.50. The van der Waals surface area contributed by atoms with Crippen LogP contribution in [0.5, 0.6) is 0 Å². The van der Waals surface area contributed by atoms with Crippen LogP contribution in [-0.4, -0.2) is 14.5 Å². The Hall–Kier alpha value is -5.80. The van der Waals surface area contributed by atoms with Crippen LogP contribution in [0.1, 0.15) is 25.0 Å². The fourth-order valence-corrected chi connectivity index (χ4v) is 7.98. The third kappa shape index (κ3) is 3.37. The van der Waals surface area contributed by atoms with E-state index in [1.807, 2.05) is 6.07 Å².